The van der Waals surface area contributed by atoms with Crippen molar-refractivity contribution in [1.82, 2.24) is 10.2 Å². The van der Waals surface area contributed by atoms with Crippen LogP contribution in [0.5, 0.6) is 0 Å². The molecule has 0 aliphatic heterocycles. The van der Waals surface area contributed by atoms with Gasteiger partial charge >= 0.3 is 12.0 Å². The van der Waals surface area contributed by atoms with Crippen LogP contribution in [0.4, 0.5) is 4.79 Å². The van der Waals surface area contributed by atoms with E-state index < -0.39 is 12.0 Å². The van der Waals surface area contributed by atoms with Crippen molar-refractivity contribution in [2.45, 2.75) is 26.3 Å². The van der Waals surface area contributed by atoms with Crippen LogP contribution in [0, 0.1) is 5.92 Å². The molecule has 0 unspecified atom stereocenters. The van der Waals surface area contributed by atoms with Gasteiger partial charge in [0.1, 0.15) is 6.04 Å². The molecule has 0 spiro atoms. The second-order valence-electron chi connectivity index (χ2n) is 4.84. The first-order valence-corrected chi connectivity index (χ1v) is 6.70. The fourth-order valence-electron chi connectivity index (χ4n) is 1.65. The second kappa shape index (κ2) is 10.4. The average molecular weight is 290 g/mol. The van der Waals surface area contributed by atoms with Gasteiger partial charge in [-0.15, -0.1) is 0 Å². The minimum atomic E-state index is -1.03. The zero-order chi connectivity index (χ0) is 15.5. The molecule has 20 heavy (non-hydrogen) atoms. The SMILES string of the molecule is COCCCN(CCOC)C(=O)N[C@H](C(=O)O)C(C)C. The first-order chi connectivity index (χ1) is 9.43. The molecular weight excluding hydrogens is 264 g/mol. The Balaban J connectivity index is 4.53. The van der Waals surface area contributed by atoms with Crippen LogP contribution in [0.15, 0.2) is 0 Å². The van der Waals surface area contributed by atoms with E-state index in [1.54, 1.807) is 33.0 Å². The lowest BCUT2D eigenvalue weighted by Gasteiger charge is -2.26. The highest BCUT2D eigenvalue weighted by molar-refractivity contribution is 5.82. The third kappa shape index (κ3) is 7.30. The fourth-order valence-corrected chi connectivity index (χ4v) is 1.65. The Hall–Kier alpha value is -1.34. The number of urea groups is 1. The topological polar surface area (TPSA) is 88.1 Å². The predicted octanol–water partition coefficient (Wildman–Crippen LogP) is 0.790. The first-order valence-electron chi connectivity index (χ1n) is 6.70. The number of aliphatic carboxylic acids is 1. The van der Waals surface area contributed by atoms with Crippen molar-refractivity contribution in [1.29, 1.82) is 0 Å². The van der Waals surface area contributed by atoms with Crippen molar-refractivity contribution < 1.29 is 24.2 Å². The molecule has 7 heteroatoms. The summed E-state index contributed by atoms with van der Waals surface area (Å²) in [7, 11) is 3.15. The molecular formula is C13H26N2O5. The van der Waals surface area contributed by atoms with E-state index in [2.05, 4.69) is 5.32 Å². The summed E-state index contributed by atoms with van der Waals surface area (Å²) in [5.74, 6) is -1.21. The largest absolute Gasteiger partial charge is 0.480 e. The number of methoxy groups -OCH3 is 2. The fraction of sp³-hybridized carbons (Fsp3) is 0.846. The van der Waals surface area contributed by atoms with E-state index in [0.717, 1.165) is 0 Å². The van der Waals surface area contributed by atoms with Crippen molar-refractivity contribution in [2.24, 2.45) is 5.92 Å². The van der Waals surface area contributed by atoms with Crippen molar-refractivity contribution in [2.75, 3.05) is 40.5 Å². The quantitative estimate of drug-likeness (QED) is 0.581. The van der Waals surface area contributed by atoms with E-state index in [4.69, 9.17) is 14.6 Å². The zero-order valence-corrected chi connectivity index (χ0v) is 12.7. The number of nitrogens with zero attached hydrogens (tertiary/aromatic N) is 1. The third-order valence-electron chi connectivity index (χ3n) is 2.84. The number of hydrogen-bond donors (Lipinski definition) is 2. The molecule has 2 amide bonds. The molecule has 7 nitrogen and oxygen atoms in total. The van der Waals surface area contributed by atoms with Gasteiger partial charge in [-0.25, -0.2) is 9.59 Å². The summed E-state index contributed by atoms with van der Waals surface area (Å²) in [6.45, 7) is 5.36. The lowest BCUT2D eigenvalue weighted by Crippen LogP contribution is -2.51. The molecule has 0 aliphatic carbocycles. The van der Waals surface area contributed by atoms with Crippen LogP contribution in [-0.4, -0.2) is 68.6 Å². The number of nitrogens with one attached hydrogen (secondary N) is 1. The van der Waals surface area contributed by atoms with Gasteiger partial charge in [0.2, 0.25) is 0 Å². The molecule has 118 valence electrons. The lowest BCUT2D eigenvalue weighted by atomic mass is 10.1. The number of carboxylic acid groups (broad SMARTS) is 1. The molecule has 0 bridgehead atoms. The molecule has 0 aromatic rings. The maximum atomic E-state index is 12.1. The van der Waals surface area contributed by atoms with Crippen molar-refractivity contribution in [3.63, 3.8) is 0 Å². The highest BCUT2D eigenvalue weighted by Gasteiger charge is 2.25. The van der Waals surface area contributed by atoms with E-state index in [0.29, 0.717) is 32.7 Å². The summed E-state index contributed by atoms with van der Waals surface area (Å²) >= 11 is 0. The van der Waals surface area contributed by atoms with E-state index in [1.807, 2.05) is 0 Å². The number of ether oxygens (including phenoxy) is 2. The number of carbonyl (C=O) groups excluding carboxylic acids is 1. The van der Waals surface area contributed by atoms with Crippen LogP contribution in [0.3, 0.4) is 0 Å². The van der Waals surface area contributed by atoms with Gasteiger partial charge in [-0.1, -0.05) is 13.8 Å². The minimum Gasteiger partial charge on any atom is -0.480 e. The maximum absolute atomic E-state index is 12.1. The van der Waals surface area contributed by atoms with Crippen LogP contribution >= 0.6 is 0 Å². The van der Waals surface area contributed by atoms with E-state index in [9.17, 15) is 9.59 Å². The predicted molar refractivity (Wildman–Crippen MR) is 74.7 cm³/mol. The highest BCUT2D eigenvalue weighted by Crippen LogP contribution is 2.03. The highest BCUT2D eigenvalue weighted by atomic mass is 16.5. The summed E-state index contributed by atoms with van der Waals surface area (Å²) in [6.07, 6.45) is 0.688. The van der Waals surface area contributed by atoms with Crippen molar-refractivity contribution in [3.8, 4) is 0 Å². The second-order valence-corrected chi connectivity index (χ2v) is 4.84. The first kappa shape index (κ1) is 18.7. The molecule has 0 radical (unpaired) electrons. The molecule has 0 aliphatic rings. The lowest BCUT2D eigenvalue weighted by molar-refractivity contribution is -0.140. The standard InChI is InChI=1S/C13H26N2O5/c1-10(2)11(12(16)17)14-13(18)15(7-9-20-4)6-5-8-19-3/h10-11H,5-9H2,1-4H3,(H,14,18)(H,16,17)/t11-/m0/s1. The molecule has 0 heterocycles. The van der Waals surface area contributed by atoms with Crippen LogP contribution in [0.2, 0.25) is 0 Å². The smallest absolute Gasteiger partial charge is 0.326 e. The van der Waals surface area contributed by atoms with Gasteiger partial charge in [0.15, 0.2) is 0 Å². The van der Waals surface area contributed by atoms with Crippen LogP contribution in [0.25, 0.3) is 0 Å². The van der Waals surface area contributed by atoms with Gasteiger partial charge in [-0.2, -0.15) is 0 Å². The maximum Gasteiger partial charge on any atom is 0.326 e. The van der Waals surface area contributed by atoms with E-state index in [1.165, 1.54) is 0 Å². The monoisotopic (exact) mass is 290 g/mol. The molecule has 1 atom stereocenters. The molecule has 0 saturated carbocycles. The summed E-state index contributed by atoms with van der Waals surface area (Å²) < 4.78 is 9.91. The Bertz CT molecular complexity index is 296. The Morgan fingerprint density at radius 1 is 1.15 bits per heavy atom. The third-order valence-corrected chi connectivity index (χ3v) is 2.84. The van der Waals surface area contributed by atoms with Gasteiger partial charge in [-0.05, 0) is 12.3 Å². The molecule has 0 saturated heterocycles. The molecule has 2 N–H and O–H groups in total. The van der Waals surface area contributed by atoms with Crippen molar-refractivity contribution >= 4 is 12.0 Å². The number of hydrogen-bond acceptors (Lipinski definition) is 4. The van der Waals surface area contributed by atoms with Gasteiger partial charge in [0.25, 0.3) is 0 Å². The molecule has 0 aromatic carbocycles. The Kier molecular flexibility index (Phi) is 9.75. The summed E-state index contributed by atoms with van der Waals surface area (Å²) in [5, 5.41) is 11.6. The minimum absolute atomic E-state index is 0.181. The number of amides is 2. The van der Waals surface area contributed by atoms with Crippen LogP contribution in [-0.2, 0) is 14.3 Å². The molecule has 0 aromatic heterocycles. The van der Waals surface area contributed by atoms with E-state index >= 15 is 0 Å². The molecule has 0 fully saturated rings. The van der Waals surface area contributed by atoms with Crippen LogP contribution < -0.4 is 5.32 Å². The summed E-state index contributed by atoms with van der Waals surface area (Å²) in [6, 6.07) is -1.28. The summed E-state index contributed by atoms with van der Waals surface area (Å²) in [4.78, 5) is 24.8. The van der Waals surface area contributed by atoms with E-state index in [-0.39, 0.29) is 11.9 Å². The average Bonchev–Trinajstić information content (AvgIpc) is 2.38. The zero-order valence-electron chi connectivity index (χ0n) is 12.7. The van der Waals surface area contributed by atoms with Crippen LogP contribution in [0.1, 0.15) is 20.3 Å². The van der Waals surface area contributed by atoms with Gasteiger partial charge in [-0.3, -0.25) is 0 Å². The number of carbonyl (C=O) groups is 2. The summed E-state index contributed by atoms with van der Waals surface area (Å²) in [5.41, 5.74) is 0. The Morgan fingerprint density at radius 2 is 1.75 bits per heavy atom. The molecule has 0 rings (SSSR count). The normalized spacial score (nSPS) is 12.2. The van der Waals surface area contributed by atoms with Gasteiger partial charge < -0.3 is 24.8 Å². The van der Waals surface area contributed by atoms with Gasteiger partial charge in [0.05, 0.1) is 6.61 Å². The number of rotatable bonds is 10. The Labute approximate surface area is 120 Å². The Morgan fingerprint density at radius 3 is 2.20 bits per heavy atom. The number of carboxylic acids is 1. The van der Waals surface area contributed by atoms with Gasteiger partial charge in [0, 0.05) is 33.9 Å². The van der Waals surface area contributed by atoms with Crippen molar-refractivity contribution in [3.05, 3.63) is 0 Å².